The highest BCUT2D eigenvalue weighted by Gasteiger charge is 2.25. The minimum atomic E-state index is 0.137. The molecule has 40 heavy (non-hydrogen) atoms. The van der Waals surface area contributed by atoms with Crippen LogP contribution in [0.1, 0.15) is 37.2 Å². The lowest BCUT2D eigenvalue weighted by Gasteiger charge is -2.33. The molecule has 0 saturated carbocycles. The largest absolute Gasteiger partial charge is 0.372 e. The zero-order chi connectivity index (χ0) is 26.9. The van der Waals surface area contributed by atoms with Crippen molar-refractivity contribution in [3.63, 3.8) is 0 Å². The van der Waals surface area contributed by atoms with Gasteiger partial charge in [-0.3, -0.25) is 9.20 Å². The van der Waals surface area contributed by atoms with Crippen LogP contribution in [0.4, 0.5) is 11.5 Å². The molecule has 5 aromatic rings. The molecule has 1 amide bonds. The standard InChI is InChI=1S/C34H35N5O/c40-32(38-22-17-26(18-23-38)30-11-7-9-25-8-1-2-10-29(25)30)24-35-34-33(36-31-12-3-4-21-39(31)34)27-13-15-28(16-14-27)37-19-5-6-20-37/h1-4,7-16,21,26,35H,5-6,17-20,22-24H2. The monoisotopic (exact) mass is 529 g/mol. The van der Waals surface area contributed by atoms with Crippen molar-refractivity contribution in [2.75, 3.05) is 42.9 Å². The average molecular weight is 530 g/mol. The summed E-state index contributed by atoms with van der Waals surface area (Å²) in [5, 5.41) is 6.09. The normalized spacial score (nSPS) is 16.2. The fourth-order valence-electron chi connectivity index (χ4n) is 6.49. The highest BCUT2D eigenvalue weighted by molar-refractivity contribution is 5.87. The van der Waals surface area contributed by atoms with E-state index in [1.54, 1.807) is 0 Å². The number of imidazole rings is 1. The van der Waals surface area contributed by atoms with Crippen molar-refractivity contribution in [2.45, 2.75) is 31.6 Å². The van der Waals surface area contributed by atoms with Crippen LogP contribution in [-0.4, -0.2) is 52.9 Å². The highest BCUT2D eigenvalue weighted by atomic mass is 16.2. The first-order valence-corrected chi connectivity index (χ1v) is 14.6. The fourth-order valence-corrected chi connectivity index (χ4v) is 6.49. The Bertz CT molecular complexity index is 1640. The van der Waals surface area contributed by atoms with E-state index in [0.29, 0.717) is 5.92 Å². The molecule has 0 aliphatic carbocycles. The Morgan fingerprint density at radius 3 is 2.40 bits per heavy atom. The Labute approximate surface area is 235 Å². The minimum Gasteiger partial charge on any atom is -0.372 e. The van der Waals surface area contributed by atoms with E-state index in [1.807, 2.05) is 33.7 Å². The summed E-state index contributed by atoms with van der Waals surface area (Å²) < 4.78 is 2.05. The number of anilines is 2. The van der Waals surface area contributed by atoms with Gasteiger partial charge in [-0.25, -0.2) is 4.98 Å². The number of carbonyl (C=O) groups is 1. The van der Waals surface area contributed by atoms with Gasteiger partial charge in [-0.05, 0) is 72.2 Å². The molecule has 0 atom stereocenters. The average Bonchev–Trinajstić information content (AvgIpc) is 3.69. The number of fused-ring (bicyclic) bond motifs is 2. The molecule has 2 aliphatic heterocycles. The number of nitrogens with one attached hydrogen (secondary N) is 1. The zero-order valence-corrected chi connectivity index (χ0v) is 22.8. The molecule has 0 spiro atoms. The van der Waals surface area contributed by atoms with Crippen molar-refractivity contribution in [2.24, 2.45) is 0 Å². The van der Waals surface area contributed by atoms with Crippen LogP contribution in [0.25, 0.3) is 27.7 Å². The lowest BCUT2D eigenvalue weighted by atomic mass is 9.86. The van der Waals surface area contributed by atoms with Crippen LogP contribution in [-0.2, 0) is 4.79 Å². The summed E-state index contributed by atoms with van der Waals surface area (Å²) in [5.41, 5.74) is 5.47. The number of likely N-dealkylation sites (tertiary alicyclic amines) is 1. The number of amides is 1. The van der Waals surface area contributed by atoms with Crippen LogP contribution in [0, 0.1) is 0 Å². The van der Waals surface area contributed by atoms with Gasteiger partial charge in [0.15, 0.2) is 0 Å². The van der Waals surface area contributed by atoms with Gasteiger partial charge in [0.1, 0.15) is 17.2 Å². The topological polar surface area (TPSA) is 52.9 Å². The van der Waals surface area contributed by atoms with Gasteiger partial charge < -0.3 is 15.1 Å². The Kier molecular flexibility index (Phi) is 6.60. The molecule has 7 rings (SSSR count). The number of rotatable bonds is 6. The molecule has 3 aromatic carbocycles. The summed E-state index contributed by atoms with van der Waals surface area (Å²) in [4.78, 5) is 22.7. The molecule has 2 saturated heterocycles. The first-order chi connectivity index (χ1) is 19.7. The number of benzene rings is 3. The predicted molar refractivity (Wildman–Crippen MR) is 163 cm³/mol. The van der Waals surface area contributed by atoms with Crippen molar-refractivity contribution < 1.29 is 4.79 Å². The fraction of sp³-hybridized carbons (Fsp3) is 0.294. The van der Waals surface area contributed by atoms with Gasteiger partial charge in [-0.2, -0.15) is 0 Å². The molecule has 4 heterocycles. The smallest absolute Gasteiger partial charge is 0.241 e. The molecule has 6 heteroatoms. The Hall–Kier alpha value is -4.32. The van der Waals surface area contributed by atoms with Gasteiger partial charge >= 0.3 is 0 Å². The first kappa shape index (κ1) is 24.7. The summed E-state index contributed by atoms with van der Waals surface area (Å²) in [6.45, 7) is 4.07. The number of nitrogens with zero attached hydrogens (tertiary/aromatic N) is 4. The van der Waals surface area contributed by atoms with Gasteiger partial charge in [0.25, 0.3) is 0 Å². The summed E-state index contributed by atoms with van der Waals surface area (Å²) in [7, 11) is 0. The van der Waals surface area contributed by atoms with Crippen LogP contribution >= 0.6 is 0 Å². The van der Waals surface area contributed by atoms with Gasteiger partial charge in [0.2, 0.25) is 5.91 Å². The maximum atomic E-state index is 13.4. The van der Waals surface area contributed by atoms with E-state index in [-0.39, 0.29) is 12.5 Å². The third kappa shape index (κ3) is 4.68. The van der Waals surface area contributed by atoms with Crippen molar-refractivity contribution in [3.05, 3.63) is 96.7 Å². The molecule has 1 N–H and O–H groups in total. The van der Waals surface area contributed by atoms with Crippen LogP contribution in [0.3, 0.4) is 0 Å². The molecule has 2 fully saturated rings. The van der Waals surface area contributed by atoms with Crippen LogP contribution in [0.5, 0.6) is 0 Å². The second-order valence-corrected chi connectivity index (χ2v) is 11.1. The van der Waals surface area contributed by atoms with Crippen molar-refractivity contribution >= 4 is 33.8 Å². The lowest BCUT2D eigenvalue weighted by Crippen LogP contribution is -2.41. The zero-order valence-electron chi connectivity index (χ0n) is 22.8. The third-order valence-corrected chi connectivity index (χ3v) is 8.66. The van der Waals surface area contributed by atoms with Crippen LogP contribution < -0.4 is 10.2 Å². The minimum absolute atomic E-state index is 0.137. The van der Waals surface area contributed by atoms with Crippen LogP contribution in [0.15, 0.2) is 91.1 Å². The SMILES string of the molecule is O=C(CNc1c(-c2ccc(N3CCCC3)cc2)nc2ccccn12)N1CCC(c2cccc3ccccc23)CC1. The van der Waals surface area contributed by atoms with E-state index >= 15 is 0 Å². The predicted octanol–water partition coefficient (Wildman–Crippen LogP) is 6.57. The summed E-state index contributed by atoms with van der Waals surface area (Å²) in [5.74, 6) is 1.48. The molecule has 0 radical (unpaired) electrons. The second kappa shape index (κ2) is 10.7. The summed E-state index contributed by atoms with van der Waals surface area (Å²) >= 11 is 0. The maximum absolute atomic E-state index is 13.4. The summed E-state index contributed by atoms with van der Waals surface area (Å²) in [6.07, 6.45) is 6.51. The van der Waals surface area contributed by atoms with E-state index in [9.17, 15) is 4.79 Å². The molecule has 6 nitrogen and oxygen atoms in total. The van der Waals surface area contributed by atoms with Crippen molar-refractivity contribution in [1.29, 1.82) is 0 Å². The number of hydrogen-bond acceptors (Lipinski definition) is 4. The summed E-state index contributed by atoms with van der Waals surface area (Å²) in [6, 6.07) is 29.9. The van der Waals surface area contributed by atoms with Crippen molar-refractivity contribution in [1.82, 2.24) is 14.3 Å². The first-order valence-electron chi connectivity index (χ1n) is 14.6. The molecule has 202 valence electrons. The second-order valence-electron chi connectivity index (χ2n) is 11.1. The Morgan fingerprint density at radius 1 is 0.825 bits per heavy atom. The van der Waals surface area contributed by atoms with Crippen molar-refractivity contribution in [3.8, 4) is 11.3 Å². The van der Waals surface area contributed by atoms with Gasteiger partial charge in [0, 0.05) is 43.6 Å². The number of aromatic nitrogens is 2. The molecule has 2 aromatic heterocycles. The third-order valence-electron chi connectivity index (χ3n) is 8.66. The molecule has 0 unspecified atom stereocenters. The van der Waals surface area contributed by atoms with E-state index < -0.39 is 0 Å². The van der Waals surface area contributed by atoms with Gasteiger partial charge in [0.05, 0.1) is 6.54 Å². The molecular weight excluding hydrogens is 494 g/mol. The number of carbonyl (C=O) groups excluding carboxylic acids is 1. The quantitative estimate of drug-likeness (QED) is 0.270. The van der Waals surface area contributed by atoms with Crippen LogP contribution in [0.2, 0.25) is 0 Å². The van der Waals surface area contributed by atoms with E-state index in [0.717, 1.165) is 61.7 Å². The van der Waals surface area contributed by atoms with E-state index in [2.05, 4.69) is 76.9 Å². The van der Waals surface area contributed by atoms with Gasteiger partial charge in [-0.15, -0.1) is 0 Å². The number of pyridine rings is 1. The van der Waals surface area contributed by atoms with E-state index in [1.165, 1.54) is 34.9 Å². The molecular formula is C34H35N5O. The van der Waals surface area contributed by atoms with Gasteiger partial charge in [-0.1, -0.05) is 60.7 Å². The van der Waals surface area contributed by atoms with E-state index in [4.69, 9.17) is 4.98 Å². The molecule has 0 bridgehead atoms. The Morgan fingerprint density at radius 2 is 1.57 bits per heavy atom. The molecule has 2 aliphatic rings. The highest BCUT2D eigenvalue weighted by Crippen LogP contribution is 2.34. The lowest BCUT2D eigenvalue weighted by molar-refractivity contribution is -0.130. The Balaban J connectivity index is 1.05. The number of hydrogen-bond donors (Lipinski definition) is 1. The maximum Gasteiger partial charge on any atom is 0.241 e. The number of piperidine rings is 1.